The van der Waals surface area contributed by atoms with Crippen LogP contribution in [0.5, 0.6) is 5.75 Å². The molecule has 0 saturated carbocycles. The first-order valence-electron chi connectivity index (χ1n) is 22.0. The molecule has 10 rings (SSSR count). The highest BCUT2D eigenvalue weighted by Crippen LogP contribution is 2.47. The predicted molar refractivity (Wildman–Crippen MR) is 229 cm³/mol. The second kappa shape index (κ2) is 15.9. The van der Waals surface area contributed by atoms with Gasteiger partial charge in [-0.25, -0.2) is 10.0 Å². The number of piperidine rings is 3. The van der Waals surface area contributed by atoms with Crippen LogP contribution in [0.4, 0.5) is 5.69 Å². The number of benzene rings is 4. The van der Waals surface area contributed by atoms with Gasteiger partial charge in [-0.3, -0.25) is 34.2 Å². The van der Waals surface area contributed by atoms with Gasteiger partial charge in [0.2, 0.25) is 17.7 Å². The monoisotopic (exact) mass is 820 g/mol. The number of rotatable bonds is 7. The largest absolute Gasteiger partial charge is 0.508 e. The van der Waals surface area contributed by atoms with Crippen LogP contribution in [-0.4, -0.2) is 99.8 Å². The average Bonchev–Trinajstić information content (AvgIpc) is 3.82. The summed E-state index contributed by atoms with van der Waals surface area (Å²) in [5.74, 6) is -1.12. The minimum absolute atomic E-state index is 0.0742. The minimum atomic E-state index is -1.00. The second-order valence-corrected chi connectivity index (χ2v) is 17.8. The summed E-state index contributed by atoms with van der Waals surface area (Å²) in [7, 11) is 2.20. The average molecular weight is 821 g/mol. The number of aryl methyl sites for hydroxylation is 1. The maximum absolute atomic E-state index is 13.8. The number of fused-ring (bicyclic) bond motifs is 3. The van der Waals surface area contributed by atoms with Crippen LogP contribution in [0.2, 0.25) is 0 Å². The number of carbonyl (C=O) groups is 5. The molecule has 0 aromatic heterocycles. The lowest BCUT2D eigenvalue weighted by atomic mass is 9.69. The number of phenolic OH excluding ortho intramolecular Hbond substituents is 1. The van der Waals surface area contributed by atoms with Crippen molar-refractivity contribution in [1.29, 1.82) is 0 Å². The summed E-state index contributed by atoms with van der Waals surface area (Å²) >= 11 is 0. The van der Waals surface area contributed by atoms with Crippen LogP contribution in [0.1, 0.15) is 111 Å². The SMILES string of the molecule is CN(C1CCN(c2ccc([C@@H]3c4ccc(O)cc4CC[C@@H]3c3ccccc3)cc2)CC1)N1CCC(C(=O)N2Cc3cc4c(cc3C2)C(=O)N(C2CCC(=O)NC2=O)C4=O)CC1. The van der Waals surface area contributed by atoms with Crippen LogP contribution in [0.25, 0.3) is 0 Å². The van der Waals surface area contributed by atoms with Gasteiger partial charge in [0.1, 0.15) is 11.8 Å². The number of imide groups is 2. The van der Waals surface area contributed by atoms with Crippen LogP contribution >= 0.6 is 0 Å². The zero-order valence-corrected chi connectivity index (χ0v) is 34.6. The summed E-state index contributed by atoms with van der Waals surface area (Å²) in [6, 6.07) is 28.8. The second-order valence-electron chi connectivity index (χ2n) is 17.8. The Labute approximate surface area is 356 Å². The molecule has 1 aliphatic carbocycles. The Bertz CT molecular complexity index is 2360. The highest BCUT2D eigenvalue weighted by atomic mass is 16.3. The molecule has 6 aliphatic rings. The van der Waals surface area contributed by atoms with Crippen LogP contribution in [-0.2, 0) is 33.9 Å². The van der Waals surface area contributed by atoms with E-state index >= 15 is 0 Å². The standard InChI is InChI=1S/C49H52N6O6/c1-51(36-19-21-52(22-20-36)37-10-7-31(8-11-37)45-39(30-5-3-2-4-6-30)13-9-33-25-38(56)12-14-40(33)45)54-23-17-32(18-24-54)47(59)53-28-34-26-41-42(27-35(34)29-53)49(61)55(48(41)60)43-15-16-44(57)50-46(43)58/h2-8,10-12,14,25-27,32,36,39,43,45,56H,9,13,15-24,28-29H2,1H3,(H,50,57,58)/t39-,43?,45+/m1/s1. The van der Waals surface area contributed by atoms with E-state index < -0.39 is 29.7 Å². The Morgan fingerprint density at radius 1 is 0.705 bits per heavy atom. The molecule has 1 unspecified atom stereocenters. The van der Waals surface area contributed by atoms with Crippen molar-refractivity contribution in [2.75, 3.05) is 38.1 Å². The lowest BCUT2D eigenvalue weighted by Gasteiger charge is -2.45. The molecule has 314 valence electrons. The fourth-order valence-corrected chi connectivity index (χ4v) is 11.1. The third-order valence-corrected chi connectivity index (χ3v) is 14.5. The van der Waals surface area contributed by atoms with Gasteiger partial charge in [-0.05, 0) is 121 Å². The van der Waals surface area contributed by atoms with Crippen molar-refractivity contribution in [2.45, 2.75) is 88.4 Å². The maximum atomic E-state index is 13.8. The number of nitrogens with one attached hydrogen (secondary N) is 1. The molecule has 3 atom stereocenters. The van der Waals surface area contributed by atoms with Crippen molar-refractivity contribution >= 4 is 35.2 Å². The van der Waals surface area contributed by atoms with E-state index in [1.165, 1.54) is 27.9 Å². The van der Waals surface area contributed by atoms with Gasteiger partial charge in [0, 0.05) is 76.3 Å². The Kier molecular flexibility index (Phi) is 10.2. The zero-order valence-electron chi connectivity index (χ0n) is 34.6. The Hall–Kier alpha value is -5.85. The number of hydrogen-bond donors (Lipinski definition) is 2. The first-order chi connectivity index (χ1) is 29.6. The molecule has 0 bridgehead atoms. The molecule has 4 aromatic carbocycles. The van der Waals surface area contributed by atoms with E-state index in [0.717, 1.165) is 80.7 Å². The molecule has 5 aliphatic heterocycles. The van der Waals surface area contributed by atoms with Gasteiger partial charge in [-0.2, -0.15) is 0 Å². The molecule has 12 nitrogen and oxygen atoms in total. The third-order valence-electron chi connectivity index (χ3n) is 14.5. The highest BCUT2D eigenvalue weighted by molar-refractivity contribution is 6.23. The first kappa shape index (κ1) is 39.3. The number of hydrogen-bond acceptors (Lipinski definition) is 9. The fraction of sp³-hybridized carbons (Fsp3) is 0.408. The topological polar surface area (TPSA) is 134 Å². The molecule has 3 fully saturated rings. The molecule has 3 saturated heterocycles. The number of amides is 5. The molecule has 61 heavy (non-hydrogen) atoms. The van der Waals surface area contributed by atoms with Crippen molar-refractivity contribution in [2.24, 2.45) is 5.92 Å². The zero-order chi connectivity index (χ0) is 41.9. The number of aromatic hydroxyl groups is 1. The third kappa shape index (κ3) is 7.19. The number of nitrogens with zero attached hydrogens (tertiary/aromatic N) is 5. The molecule has 5 amide bonds. The Morgan fingerprint density at radius 2 is 1.38 bits per heavy atom. The van der Waals surface area contributed by atoms with Gasteiger partial charge in [-0.1, -0.05) is 48.5 Å². The van der Waals surface area contributed by atoms with E-state index in [1.807, 2.05) is 17.0 Å². The molecule has 0 spiro atoms. The van der Waals surface area contributed by atoms with Crippen molar-refractivity contribution in [3.63, 3.8) is 0 Å². The van der Waals surface area contributed by atoms with E-state index in [1.54, 1.807) is 12.1 Å². The van der Waals surface area contributed by atoms with Crippen molar-refractivity contribution < 1.29 is 29.1 Å². The van der Waals surface area contributed by atoms with E-state index in [4.69, 9.17) is 0 Å². The normalized spacial score (nSPS) is 23.6. The predicted octanol–water partition coefficient (Wildman–Crippen LogP) is 5.73. The molecular weight excluding hydrogens is 769 g/mol. The maximum Gasteiger partial charge on any atom is 0.262 e. The molecule has 4 aromatic rings. The van der Waals surface area contributed by atoms with Crippen LogP contribution in [0.15, 0.2) is 84.9 Å². The van der Waals surface area contributed by atoms with Crippen molar-refractivity contribution in [3.05, 3.63) is 129 Å². The van der Waals surface area contributed by atoms with Gasteiger partial charge in [0.15, 0.2) is 0 Å². The molecule has 5 heterocycles. The van der Waals surface area contributed by atoms with E-state index in [9.17, 15) is 29.1 Å². The van der Waals surface area contributed by atoms with Crippen molar-refractivity contribution in [3.8, 4) is 5.75 Å². The molecule has 2 N–H and O–H groups in total. The smallest absolute Gasteiger partial charge is 0.262 e. The summed E-state index contributed by atoms with van der Waals surface area (Å²) in [4.78, 5) is 70.1. The van der Waals surface area contributed by atoms with Gasteiger partial charge in [-0.15, -0.1) is 0 Å². The summed E-state index contributed by atoms with van der Waals surface area (Å²) < 4.78 is 0. The number of hydrazine groups is 1. The van der Waals surface area contributed by atoms with Crippen molar-refractivity contribution in [1.82, 2.24) is 25.1 Å². The summed E-state index contributed by atoms with van der Waals surface area (Å²) in [5, 5.41) is 17.3. The van der Waals surface area contributed by atoms with Gasteiger partial charge < -0.3 is 14.9 Å². The number of phenols is 1. The Morgan fingerprint density at radius 3 is 2.03 bits per heavy atom. The van der Waals surface area contributed by atoms with Gasteiger partial charge in [0.05, 0.1) is 11.1 Å². The van der Waals surface area contributed by atoms with Crippen LogP contribution in [0, 0.1) is 5.92 Å². The van der Waals surface area contributed by atoms with Crippen LogP contribution < -0.4 is 10.2 Å². The van der Waals surface area contributed by atoms with E-state index in [-0.39, 0.29) is 41.7 Å². The van der Waals surface area contributed by atoms with Gasteiger partial charge >= 0.3 is 0 Å². The number of carbonyl (C=O) groups excluding carboxylic acids is 5. The summed E-state index contributed by atoms with van der Waals surface area (Å²) in [5.41, 5.74) is 8.70. The molecular formula is C49H52N6O6. The Balaban J connectivity index is 0.722. The highest BCUT2D eigenvalue weighted by Gasteiger charge is 2.46. The minimum Gasteiger partial charge on any atom is -0.508 e. The molecule has 0 radical (unpaired) electrons. The quantitative estimate of drug-likeness (QED) is 0.225. The first-order valence-corrected chi connectivity index (χ1v) is 22.0. The number of anilines is 1. The van der Waals surface area contributed by atoms with E-state index in [2.05, 4.69) is 87.9 Å². The fourth-order valence-electron chi connectivity index (χ4n) is 11.1. The lowest BCUT2D eigenvalue weighted by molar-refractivity contribution is -0.140. The van der Waals surface area contributed by atoms with Gasteiger partial charge in [0.25, 0.3) is 11.8 Å². The molecule has 12 heteroatoms. The summed E-state index contributed by atoms with van der Waals surface area (Å²) in [6.45, 7) is 4.36. The van der Waals surface area contributed by atoms with Crippen LogP contribution in [0.3, 0.4) is 0 Å². The van der Waals surface area contributed by atoms with E-state index in [0.29, 0.717) is 30.8 Å². The lowest BCUT2D eigenvalue weighted by Crippen LogP contribution is -2.54. The summed E-state index contributed by atoms with van der Waals surface area (Å²) in [6.07, 6.45) is 5.84.